The van der Waals surface area contributed by atoms with Gasteiger partial charge in [0.05, 0.1) is 0 Å². The van der Waals surface area contributed by atoms with Crippen LogP contribution in [-0.2, 0) is 0 Å². The molecule has 0 aromatic carbocycles. The first-order valence-electron chi connectivity index (χ1n) is 7.17. The molecule has 3 nitrogen and oxygen atoms in total. The molecule has 4 atom stereocenters. The minimum absolute atomic E-state index is 0.408. The molecule has 0 aromatic rings. The monoisotopic (exact) mass is 257 g/mol. The first-order chi connectivity index (χ1) is 8.34. The Morgan fingerprint density at radius 1 is 1.00 bits per heavy atom. The van der Waals surface area contributed by atoms with Crippen LogP contribution in [0.2, 0.25) is 0 Å². The Labute approximate surface area is 109 Å². The van der Waals surface area contributed by atoms with Crippen LogP contribution in [0.5, 0.6) is 0 Å². The van der Waals surface area contributed by atoms with E-state index >= 15 is 0 Å². The molecule has 4 heteroatoms. The van der Waals surface area contributed by atoms with Crippen LogP contribution in [0.3, 0.4) is 0 Å². The summed E-state index contributed by atoms with van der Waals surface area (Å²) < 4.78 is 0. The Bertz CT molecular complexity index is 255. The number of alkyl halides is 1. The molecule has 0 radical (unpaired) electrons. The van der Waals surface area contributed by atoms with Crippen LogP contribution in [0.4, 0.5) is 0 Å². The van der Waals surface area contributed by atoms with E-state index in [1.165, 1.54) is 58.4 Å². The zero-order valence-corrected chi connectivity index (χ0v) is 11.3. The first kappa shape index (κ1) is 12.2. The number of hydrogen-bond acceptors (Lipinski definition) is 3. The van der Waals surface area contributed by atoms with Gasteiger partial charge in [-0.05, 0) is 38.1 Å². The summed E-state index contributed by atoms with van der Waals surface area (Å²) in [5, 5.41) is 7.56. The van der Waals surface area contributed by atoms with Gasteiger partial charge >= 0.3 is 0 Å². The largest absolute Gasteiger partial charge is 0.314 e. The summed E-state index contributed by atoms with van der Waals surface area (Å²) >= 11 is 6.31. The van der Waals surface area contributed by atoms with E-state index in [1.807, 2.05) is 0 Å². The van der Waals surface area contributed by atoms with E-state index in [0.717, 1.165) is 12.0 Å². The molecular formula is C13H24ClN3. The van der Waals surface area contributed by atoms with Gasteiger partial charge in [0, 0.05) is 43.6 Å². The van der Waals surface area contributed by atoms with Gasteiger partial charge in [0.1, 0.15) is 0 Å². The minimum Gasteiger partial charge on any atom is -0.314 e. The van der Waals surface area contributed by atoms with Crippen LogP contribution in [0.1, 0.15) is 25.7 Å². The Kier molecular flexibility index (Phi) is 3.90. The molecule has 0 spiro atoms. The highest BCUT2D eigenvalue weighted by molar-refractivity contribution is 6.20. The average Bonchev–Trinajstić information content (AvgIpc) is 2.39. The summed E-state index contributed by atoms with van der Waals surface area (Å²) in [6.07, 6.45) is 5.04. The van der Waals surface area contributed by atoms with E-state index in [2.05, 4.69) is 15.5 Å². The van der Waals surface area contributed by atoms with Crippen LogP contribution < -0.4 is 10.6 Å². The molecular weight excluding hydrogens is 234 g/mol. The third kappa shape index (κ3) is 2.62. The molecule has 4 unspecified atom stereocenters. The zero-order chi connectivity index (χ0) is 11.7. The topological polar surface area (TPSA) is 27.3 Å². The number of rotatable bonds is 1. The lowest BCUT2D eigenvalue weighted by Crippen LogP contribution is -2.60. The Morgan fingerprint density at radius 2 is 1.82 bits per heavy atom. The van der Waals surface area contributed by atoms with E-state index in [4.69, 9.17) is 11.6 Å². The van der Waals surface area contributed by atoms with Crippen LogP contribution in [-0.4, -0.2) is 55.1 Å². The quantitative estimate of drug-likeness (QED) is 0.688. The summed E-state index contributed by atoms with van der Waals surface area (Å²) in [6.45, 7) is 5.98. The summed E-state index contributed by atoms with van der Waals surface area (Å²) in [7, 11) is 0. The van der Waals surface area contributed by atoms with Crippen molar-refractivity contribution in [1.82, 2.24) is 15.5 Å². The molecule has 2 aliphatic heterocycles. The molecule has 0 aromatic heterocycles. The third-order valence-corrected chi connectivity index (χ3v) is 5.20. The predicted molar refractivity (Wildman–Crippen MR) is 71.6 cm³/mol. The molecule has 17 heavy (non-hydrogen) atoms. The van der Waals surface area contributed by atoms with Crippen LogP contribution >= 0.6 is 11.6 Å². The Morgan fingerprint density at radius 3 is 2.65 bits per heavy atom. The Balaban J connectivity index is 1.66. The number of piperazine rings is 1. The highest BCUT2D eigenvalue weighted by Gasteiger charge is 2.39. The van der Waals surface area contributed by atoms with Gasteiger partial charge in [-0.1, -0.05) is 0 Å². The second kappa shape index (κ2) is 5.43. The van der Waals surface area contributed by atoms with Gasteiger partial charge in [-0.3, -0.25) is 4.90 Å². The normalized spacial score (nSPS) is 44.3. The fourth-order valence-electron chi connectivity index (χ4n) is 3.94. The third-order valence-electron chi connectivity index (χ3n) is 4.80. The van der Waals surface area contributed by atoms with Crippen LogP contribution in [0, 0.1) is 5.92 Å². The maximum Gasteiger partial charge on any atom is 0.0351 e. The lowest BCUT2D eigenvalue weighted by molar-refractivity contribution is 0.0553. The van der Waals surface area contributed by atoms with Gasteiger partial charge in [-0.25, -0.2) is 0 Å². The summed E-state index contributed by atoms with van der Waals surface area (Å²) in [5.74, 6) is 0.844. The van der Waals surface area contributed by atoms with Gasteiger partial charge in [0.25, 0.3) is 0 Å². The van der Waals surface area contributed by atoms with Crippen molar-refractivity contribution in [3.05, 3.63) is 0 Å². The number of hydrogen-bond donors (Lipinski definition) is 2. The predicted octanol–water partition coefficient (Wildman–Crippen LogP) is 1.03. The summed E-state index contributed by atoms with van der Waals surface area (Å²) in [5.41, 5.74) is 0. The molecule has 2 heterocycles. The second-order valence-corrected chi connectivity index (χ2v) is 6.39. The number of piperidine rings is 1. The molecule has 3 rings (SSSR count). The van der Waals surface area contributed by atoms with Crippen molar-refractivity contribution in [2.75, 3.05) is 32.7 Å². The number of halogens is 1. The van der Waals surface area contributed by atoms with Gasteiger partial charge < -0.3 is 10.6 Å². The van der Waals surface area contributed by atoms with Crippen molar-refractivity contribution in [2.45, 2.75) is 43.1 Å². The highest BCUT2D eigenvalue weighted by atomic mass is 35.5. The molecule has 98 valence electrons. The number of fused-ring (bicyclic) bond motifs is 1. The smallest absolute Gasteiger partial charge is 0.0351 e. The number of nitrogens with zero attached hydrogens (tertiary/aromatic N) is 1. The average molecular weight is 258 g/mol. The van der Waals surface area contributed by atoms with Gasteiger partial charge in [0.15, 0.2) is 0 Å². The van der Waals surface area contributed by atoms with E-state index < -0.39 is 0 Å². The van der Waals surface area contributed by atoms with E-state index in [-0.39, 0.29) is 0 Å². The van der Waals surface area contributed by atoms with Crippen LogP contribution in [0.15, 0.2) is 0 Å². The minimum atomic E-state index is 0.408. The van der Waals surface area contributed by atoms with Crippen molar-refractivity contribution in [2.24, 2.45) is 5.92 Å². The molecule has 0 amide bonds. The maximum absolute atomic E-state index is 6.31. The van der Waals surface area contributed by atoms with Gasteiger partial charge in [-0.15, -0.1) is 11.6 Å². The standard InChI is InChI=1S/C13H24ClN3/c14-10-1-2-11-12(9-10)16-4-3-13(11)17-7-5-15-6-8-17/h10-13,15-16H,1-9H2. The van der Waals surface area contributed by atoms with Crippen LogP contribution in [0.25, 0.3) is 0 Å². The van der Waals surface area contributed by atoms with Crippen molar-refractivity contribution in [3.8, 4) is 0 Å². The molecule has 3 aliphatic rings. The summed E-state index contributed by atoms with van der Waals surface area (Å²) in [6, 6.07) is 1.49. The molecule has 2 N–H and O–H groups in total. The van der Waals surface area contributed by atoms with Crippen molar-refractivity contribution in [1.29, 1.82) is 0 Å². The van der Waals surface area contributed by atoms with Gasteiger partial charge in [-0.2, -0.15) is 0 Å². The maximum atomic E-state index is 6.31. The highest BCUT2D eigenvalue weighted by Crippen LogP contribution is 2.35. The molecule has 0 bridgehead atoms. The Hall–Kier alpha value is 0.170. The lowest BCUT2D eigenvalue weighted by atomic mass is 9.75. The number of nitrogens with one attached hydrogen (secondary N) is 2. The molecule has 2 saturated heterocycles. The van der Waals surface area contributed by atoms with E-state index in [9.17, 15) is 0 Å². The van der Waals surface area contributed by atoms with E-state index in [1.54, 1.807) is 0 Å². The van der Waals surface area contributed by atoms with Crippen molar-refractivity contribution >= 4 is 11.6 Å². The molecule has 1 aliphatic carbocycles. The van der Waals surface area contributed by atoms with Gasteiger partial charge in [0.2, 0.25) is 0 Å². The SMILES string of the molecule is ClC1CCC2C(C1)NCCC2N1CCNCC1. The first-order valence-corrected chi connectivity index (χ1v) is 7.60. The summed E-state index contributed by atoms with van der Waals surface area (Å²) in [4.78, 5) is 2.73. The van der Waals surface area contributed by atoms with E-state index in [0.29, 0.717) is 11.4 Å². The molecule has 1 saturated carbocycles. The lowest BCUT2D eigenvalue weighted by Gasteiger charge is -2.48. The van der Waals surface area contributed by atoms with Crippen molar-refractivity contribution < 1.29 is 0 Å². The van der Waals surface area contributed by atoms with Crippen molar-refractivity contribution in [3.63, 3.8) is 0 Å². The zero-order valence-electron chi connectivity index (χ0n) is 10.5. The second-order valence-electron chi connectivity index (χ2n) is 5.78. The fraction of sp³-hybridized carbons (Fsp3) is 1.00. The molecule has 3 fully saturated rings. The fourth-order valence-corrected chi connectivity index (χ4v) is 4.25.